The second kappa shape index (κ2) is 48.5. The van der Waals surface area contributed by atoms with Gasteiger partial charge in [-0.2, -0.15) is 0 Å². The number of unbranched alkanes of at least 4 members (excludes halogenated alkanes) is 21. The van der Waals surface area contributed by atoms with Crippen molar-refractivity contribution in [3.05, 3.63) is 72.9 Å². The van der Waals surface area contributed by atoms with E-state index in [9.17, 15) is 14.4 Å². The summed E-state index contributed by atoms with van der Waals surface area (Å²) in [5, 5.41) is 0. The summed E-state index contributed by atoms with van der Waals surface area (Å²) < 4.78 is 16.7. The first kappa shape index (κ1) is 56.9. The van der Waals surface area contributed by atoms with Crippen molar-refractivity contribution in [1.82, 2.24) is 0 Å². The average molecular weight is 837 g/mol. The van der Waals surface area contributed by atoms with Gasteiger partial charge in [-0.1, -0.05) is 196 Å². The molecule has 0 aliphatic carbocycles. The standard InChI is InChI=1S/C54H92O6/c1-4-7-10-13-16-19-22-25-27-29-32-35-38-41-44-47-53(56)59-50-51(49-58-52(55)46-43-40-37-34-31-24-21-18-15-12-9-6-3)60-54(57)48-45-42-39-36-33-30-28-26-23-20-17-14-11-8-5-2/h8,11,16-17,19-20,25-28,32,35,51H,4-7,9-10,12-15,18,21-24,29-31,33-34,36-50H2,1-3H3/b11-8-,19-16-,20-17-,27-25-,28-26-,35-32-/t51-/m0/s1. The third-order valence-corrected chi connectivity index (χ3v) is 10.4. The van der Waals surface area contributed by atoms with Crippen LogP contribution >= 0.6 is 0 Å². The first-order chi connectivity index (χ1) is 29.5. The van der Waals surface area contributed by atoms with Gasteiger partial charge in [0.1, 0.15) is 13.2 Å². The van der Waals surface area contributed by atoms with E-state index in [1.54, 1.807) is 0 Å². The number of allylic oxidation sites excluding steroid dienone is 12. The zero-order chi connectivity index (χ0) is 43.7. The molecule has 0 saturated heterocycles. The first-order valence-corrected chi connectivity index (χ1v) is 24.9. The van der Waals surface area contributed by atoms with E-state index in [0.717, 1.165) is 109 Å². The second-order valence-corrected chi connectivity index (χ2v) is 16.3. The van der Waals surface area contributed by atoms with Gasteiger partial charge in [0.05, 0.1) is 0 Å². The van der Waals surface area contributed by atoms with E-state index < -0.39 is 6.10 Å². The molecule has 0 bridgehead atoms. The van der Waals surface area contributed by atoms with Crippen LogP contribution in [0.25, 0.3) is 0 Å². The van der Waals surface area contributed by atoms with Gasteiger partial charge in [0.15, 0.2) is 6.10 Å². The molecule has 0 fully saturated rings. The van der Waals surface area contributed by atoms with Crippen LogP contribution in [0.5, 0.6) is 0 Å². The van der Waals surface area contributed by atoms with Crippen molar-refractivity contribution >= 4 is 17.9 Å². The number of hydrogen-bond acceptors (Lipinski definition) is 6. The summed E-state index contributed by atoms with van der Waals surface area (Å²) in [6.45, 7) is 6.44. The van der Waals surface area contributed by atoms with Gasteiger partial charge >= 0.3 is 17.9 Å². The molecule has 0 aliphatic heterocycles. The van der Waals surface area contributed by atoms with Crippen molar-refractivity contribution < 1.29 is 28.6 Å². The predicted octanol–water partition coefficient (Wildman–Crippen LogP) is 16.3. The van der Waals surface area contributed by atoms with E-state index in [1.807, 2.05) is 0 Å². The lowest BCUT2D eigenvalue weighted by Gasteiger charge is -2.18. The highest BCUT2D eigenvalue weighted by molar-refractivity contribution is 5.71. The Morgan fingerprint density at radius 3 is 1.08 bits per heavy atom. The average Bonchev–Trinajstić information content (AvgIpc) is 3.24. The molecule has 0 spiro atoms. The molecular formula is C54H92O6. The highest BCUT2D eigenvalue weighted by atomic mass is 16.6. The van der Waals surface area contributed by atoms with Crippen LogP contribution in [0.3, 0.4) is 0 Å². The molecule has 344 valence electrons. The summed E-state index contributed by atoms with van der Waals surface area (Å²) in [6.07, 6.45) is 60.2. The quantitative estimate of drug-likeness (QED) is 0.0263. The Kier molecular flexibility index (Phi) is 46.0. The van der Waals surface area contributed by atoms with Crippen LogP contribution in [0.4, 0.5) is 0 Å². The third kappa shape index (κ3) is 45.9. The molecule has 0 N–H and O–H groups in total. The molecule has 0 radical (unpaired) electrons. The Bertz CT molecular complexity index is 1140. The fraction of sp³-hybridized carbons (Fsp3) is 0.722. The molecule has 0 saturated carbocycles. The van der Waals surface area contributed by atoms with E-state index in [2.05, 4.69) is 93.7 Å². The van der Waals surface area contributed by atoms with E-state index in [4.69, 9.17) is 14.2 Å². The summed E-state index contributed by atoms with van der Waals surface area (Å²) in [7, 11) is 0. The fourth-order valence-corrected chi connectivity index (χ4v) is 6.70. The SMILES string of the molecule is CC/C=C\C/C=C\C/C=C\CCCCCCCC(=O)O[C@H](COC(=O)CCCC/C=C\C/C=C\C/C=C\CCCCC)COC(=O)CCCCCCCCCCCCCC. The van der Waals surface area contributed by atoms with Crippen LogP contribution in [-0.2, 0) is 28.6 Å². The van der Waals surface area contributed by atoms with Crippen LogP contribution in [0.1, 0.15) is 233 Å². The Morgan fingerprint density at radius 1 is 0.350 bits per heavy atom. The van der Waals surface area contributed by atoms with Crippen LogP contribution in [0, 0.1) is 0 Å². The largest absolute Gasteiger partial charge is 0.462 e. The Labute approximate surface area is 370 Å². The van der Waals surface area contributed by atoms with Gasteiger partial charge in [-0.05, 0) is 89.9 Å². The van der Waals surface area contributed by atoms with E-state index in [1.165, 1.54) is 83.5 Å². The summed E-state index contributed by atoms with van der Waals surface area (Å²) in [5.74, 6) is -0.951. The molecule has 0 aromatic carbocycles. The maximum atomic E-state index is 12.8. The minimum atomic E-state index is -0.797. The van der Waals surface area contributed by atoms with Crippen molar-refractivity contribution in [2.75, 3.05) is 13.2 Å². The third-order valence-electron chi connectivity index (χ3n) is 10.4. The topological polar surface area (TPSA) is 78.9 Å². The van der Waals surface area contributed by atoms with Gasteiger partial charge in [0.25, 0.3) is 0 Å². The summed E-state index contributed by atoms with van der Waals surface area (Å²) in [4.78, 5) is 37.9. The minimum absolute atomic E-state index is 0.0934. The number of ether oxygens (including phenoxy) is 3. The number of rotatable bonds is 44. The van der Waals surface area contributed by atoms with Gasteiger partial charge < -0.3 is 14.2 Å². The van der Waals surface area contributed by atoms with Crippen molar-refractivity contribution in [1.29, 1.82) is 0 Å². The number of esters is 3. The van der Waals surface area contributed by atoms with Crippen molar-refractivity contribution in [2.45, 2.75) is 239 Å². The Hall–Kier alpha value is -3.15. The lowest BCUT2D eigenvalue weighted by molar-refractivity contribution is -0.167. The van der Waals surface area contributed by atoms with E-state index in [0.29, 0.717) is 19.3 Å². The highest BCUT2D eigenvalue weighted by Gasteiger charge is 2.19. The summed E-state index contributed by atoms with van der Waals surface area (Å²) >= 11 is 0. The normalized spacial score (nSPS) is 12.7. The monoisotopic (exact) mass is 837 g/mol. The zero-order valence-corrected chi connectivity index (χ0v) is 39.2. The molecule has 0 aromatic rings. The van der Waals surface area contributed by atoms with Gasteiger partial charge in [-0.25, -0.2) is 0 Å². The van der Waals surface area contributed by atoms with Crippen molar-refractivity contribution in [2.24, 2.45) is 0 Å². The number of hydrogen-bond donors (Lipinski definition) is 0. The number of carbonyl (C=O) groups is 3. The van der Waals surface area contributed by atoms with Crippen LogP contribution in [0.15, 0.2) is 72.9 Å². The molecule has 6 nitrogen and oxygen atoms in total. The zero-order valence-electron chi connectivity index (χ0n) is 39.2. The van der Waals surface area contributed by atoms with Crippen molar-refractivity contribution in [3.8, 4) is 0 Å². The molecule has 0 amide bonds. The lowest BCUT2D eigenvalue weighted by Crippen LogP contribution is -2.30. The summed E-state index contributed by atoms with van der Waals surface area (Å²) in [5.41, 5.74) is 0. The second-order valence-electron chi connectivity index (χ2n) is 16.3. The molecule has 0 heterocycles. The first-order valence-electron chi connectivity index (χ1n) is 24.9. The van der Waals surface area contributed by atoms with Gasteiger partial charge in [0.2, 0.25) is 0 Å². The predicted molar refractivity (Wildman–Crippen MR) is 256 cm³/mol. The van der Waals surface area contributed by atoms with Gasteiger partial charge in [-0.15, -0.1) is 0 Å². The van der Waals surface area contributed by atoms with Gasteiger partial charge in [0, 0.05) is 19.3 Å². The molecule has 60 heavy (non-hydrogen) atoms. The Balaban J connectivity index is 4.47. The smallest absolute Gasteiger partial charge is 0.306 e. The minimum Gasteiger partial charge on any atom is -0.462 e. The fourth-order valence-electron chi connectivity index (χ4n) is 6.70. The Morgan fingerprint density at radius 2 is 0.650 bits per heavy atom. The molecule has 0 unspecified atom stereocenters. The molecule has 0 aliphatic rings. The van der Waals surface area contributed by atoms with E-state index in [-0.39, 0.29) is 31.1 Å². The maximum Gasteiger partial charge on any atom is 0.306 e. The van der Waals surface area contributed by atoms with Crippen LogP contribution < -0.4 is 0 Å². The summed E-state index contributed by atoms with van der Waals surface area (Å²) in [6, 6.07) is 0. The highest BCUT2D eigenvalue weighted by Crippen LogP contribution is 2.14. The molecule has 6 heteroatoms. The van der Waals surface area contributed by atoms with Gasteiger partial charge in [-0.3, -0.25) is 14.4 Å². The van der Waals surface area contributed by atoms with E-state index >= 15 is 0 Å². The number of carbonyl (C=O) groups excluding carboxylic acids is 3. The van der Waals surface area contributed by atoms with Crippen LogP contribution in [0.2, 0.25) is 0 Å². The molecular weight excluding hydrogens is 745 g/mol. The lowest BCUT2D eigenvalue weighted by atomic mass is 10.0. The molecule has 0 aromatic heterocycles. The van der Waals surface area contributed by atoms with Crippen LogP contribution in [-0.4, -0.2) is 37.2 Å². The molecule has 0 rings (SSSR count). The van der Waals surface area contributed by atoms with Crippen molar-refractivity contribution in [3.63, 3.8) is 0 Å². The molecule has 1 atom stereocenters. The maximum absolute atomic E-state index is 12.8.